The van der Waals surface area contributed by atoms with Crippen LogP contribution in [0.1, 0.15) is 48.5 Å². The van der Waals surface area contributed by atoms with Crippen molar-refractivity contribution in [1.29, 1.82) is 0 Å². The second-order valence-corrected chi connectivity index (χ2v) is 7.69. The van der Waals surface area contributed by atoms with Crippen LogP contribution >= 0.6 is 23.2 Å². The maximum atomic E-state index is 12.5. The Morgan fingerprint density at radius 2 is 1.67 bits per heavy atom. The van der Waals surface area contributed by atoms with E-state index in [0.717, 1.165) is 24.8 Å². The first-order valence-electron chi connectivity index (χ1n) is 10.1. The second kappa shape index (κ2) is 12.6. The van der Waals surface area contributed by atoms with Gasteiger partial charge in [-0.3, -0.25) is 4.79 Å². The molecule has 0 bridgehead atoms. The van der Waals surface area contributed by atoms with Gasteiger partial charge in [-0.25, -0.2) is 0 Å². The average molecular weight is 454 g/mol. The van der Waals surface area contributed by atoms with Crippen LogP contribution in [0.15, 0.2) is 30.3 Å². The fraction of sp³-hybridized carbons (Fsp3) is 0.435. The minimum absolute atomic E-state index is 0.242. The number of hydrogen-bond acceptors (Lipinski definition) is 4. The molecule has 7 heteroatoms. The van der Waals surface area contributed by atoms with Gasteiger partial charge >= 0.3 is 0 Å². The molecule has 2 aromatic carbocycles. The van der Waals surface area contributed by atoms with Crippen LogP contribution in [0.25, 0.3) is 0 Å². The predicted octanol–water partition coefficient (Wildman–Crippen LogP) is 5.94. The highest BCUT2D eigenvalue weighted by Gasteiger charge is 2.14. The summed E-state index contributed by atoms with van der Waals surface area (Å²) in [5.41, 5.74) is 1.42. The standard InChI is InChI=1S/C23H29Cl2NO4/c1-4-5-6-7-12-30-22-18(24)14-17(15-19(22)25)23(27)26-11-10-16-8-9-20(28-2)21(13-16)29-3/h8-9,13-15H,4-7,10-12H2,1-3H3,(H,26,27). The van der Waals surface area contributed by atoms with E-state index in [1.807, 2.05) is 18.2 Å². The van der Waals surface area contributed by atoms with E-state index in [-0.39, 0.29) is 5.91 Å². The third kappa shape index (κ3) is 6.99. The molecule has 30 heavy (non-hydrogen) atoms. The number of carbonyl (C=O) groups excluding carboxylic acids is 1. The summed E-state index contributed by atoms with van der Waals surface area (Å²) < 4.78 is 16.3. The van der Waals surface area contributed by atoms with Crippen molar-refractivity contribution in [3.8, 4) is 17.2 Å². The van der Waals surface area contributed by atoms with Gasteiger partial charge in [0, 0.05) is 12.1 Å². The molecule has 1 amide bonds. The summed E-state index contributed by atoms with van der Waals surface area (Å²) in [5, 5.41) is 3.56. The molecule has 0 saturated carbocycles. The molecule has 0 atom stereocenters. The van der Waals surface area contributed by atoms with Crippen LogP contribution in [0.5, 0.6) is 17.2 Å². The van der Waals surface area contributed by atoms with Crippen molar-refractivity contribution < 1.29 is 19.0 Å². The summed E-state index contributed by atoms with van der Waals surface area (Å²) in [6, 6.07) is 8.84. The number of rotatable bonds is 12. The Morgan fingerprint density at radius 3 is 2.30 bits per heavy atom. The third-order valence-corrected chi connectivity index (χ3v) is 5.21. The van der Waals surface area contributed by atoms with E-state index < -0.39 is 0 Å². The van der Waals surface area contributed by atoms with Gasteiger partial charge < -0.3 is 19.5 Å². The lowest BCUT2D eigenvalue weighted by atomic mass is 10.1. The minimum atomic E-state index is -0.242. The lowest BCUT2D eigenvalue weighted by Crippen LogP contribution is -2.25. The Bertz CT molecular complexity index is 819. The molecule has 0 aliphatic heterocycles. The molecule has 0 spiro atoms. The molecule has 1 N–H and O–H groups in total. The van der Waals surface area contributed by atoms with Crippen LogP contribution in [-0.2, 0) is 6.42 Å². The van der Waals surface area contributed by atoms with Crippen LogP contribution in [0.2, 0.25) is 10.0 Å². The van der Waals surface area contributed by atoms with Crippen molar-refractivity contribution in [2.75, 3.05) is 27.4 Å². The van der Waals surface area contributed by atoms with Gasteiger partial charge in [0.15, 0.2) is 17.2 Å². The van der Waals surface area contributed by atoms with Crippen molar-refractivity contribution in [2.24, 2.45) is 0 Å². The molecule has 0 unspecified atom stereocenters. The quantitative estimate of drug-likeness (QED) is 0.403. The molecule has 0 saturated heterocycles. The van der Waals surface area contributed by atoms with Crippen LogP contribution in [0.4, 0.5) is 0 Å². The fourth-order valence-corrected chi connectivity index (χ4v) is 3.59. The number of hydrogen-bond donors (Lipinski definition) is 1. The van der Waals surface area contributed by atoms with Gasteiger partial charge in [0.2, 0.25) is 0 Å². The lowest BCUT2D eigenvalue weighted by Gasteiger charge is -2.12. The Hall–Kier alpha value is -2.11. The SMILES string of the molecule is CCCCCCOc1c(Cl)cc(C(=O)NCCc2ccc(OC)c(OC)c2)cc1Cl. The molecule has 2 rings (SSSR count). The van der Waals surface area contributed by atoms with Crippen LogP contribution in [0.3, 0.4) is 0 Å². The first kappa shape index (κ1) is 24.2. The Kier molecular flexibility index (Phi) is 10.1. The third-order valence-electron chi connectivity index (χ3n) is 4.65. The number of methoxy groups -OCH3 is 2. The monoisotopic (exact) mass is 453 g/mol. The normalized spacial score (nSPS) is 10.6. The molecule has 0 heterocycles. The highest BCUT2D eigenvalue weighted by molar-refractivity contribution is 6.37. The number of carbonyl (C=O) groups is 1. The highest BCUT2D eigenvalue weighted by atomic mass is 35.5. The second-order valence-electron chi connectivity index (χ2n) is 6.87. The average Bonchev–Trinajstić information content (AvgIpc) is 2.74. The molecule has 164 valence electrons. The zero-order chi connectivity index (χ0) is 21.9. The number of halogens is 2. The summed E-state index contributed by atoms with van der Waals surface area (Å²) in [7, 11) is 3.19. The largest absolute Gasteiger partial charge is 0.493 e. The van der Waals surface area contributed by atoms with Gasteiger partial charge in [0.25, 0.3) is 5.91 Å². The highest BCUT2D eigenvalue weighted by Crippen LogP contribution is 2.34. The summed E-state index contributed by atoms with van der Waals surface area (Å²) in [5.74, 6) is 1.51. The van der Waals surface area contributed by atoms with Crippen LogP contribution in [0, 0.1) is 0 Å². The molecule has 0 aliphatic rings. The minimum Gasteiger partial charge on any atom is -0.493 e. The van der Waals surface area contributed by atoms with Gasteiger partial charge in [0.05, 0.1) is 30.9 Å². The van der Waals surface area contributed by atoms with Gasteiger partial charge in [0.1, 0.15) is 0 Å². The maximum Gasteiger partial charge on any atom is 0.251 e. The van der Waals surface area contributed by atoms with Gasteiger partial charge in [-0.05, 0) is 42.7 Å². The maximum absolute atomic E-state index is 12.5. The van der Waals surface area contributed by atoms with Crippen molar-refractivity contribution in [2.45, 2.75) is 39.0 Å². The molecule has 0 fully saturated rings. The number of ether oxygens (including phenoxy) is 3. The molecule has 2 aromatic rings. The van der Waals surface area contributed by atoms with E-state index in [4.69, 9.17) is 37.4 Å². The summed E-state index contributed by atoms with van der Waals surface area (Å²) in [6.07, 6.45) is 5.03. The van der Waals surface area contributed by atoms with E-state index in [1.54, 1.807) is 26.4 Å². The van der Waals surface area contributed by atoms with Crippen molar-refractivity contribution in [3.05, 3.63) is 51.5 Å². The van der Waals surface area contributed by atoms with Gasteiger partial charge in [-0.1, -0.05) is 55.5 Å². The number of amides is 1. The fourth-order valence-electron chi connectivity index (χ4n) is 2.99. The van der Waals surface area contributed by atoms with E-state index in [0.29, 0.717) is 52.4 Å². The topological polar surface area (TPSA) is 56.8 Å². The van der Waals surface area contributed by atoms with Gasteiger partial charge in [-0.15, -0.1) is 0 Å². The smallest absolute Gasteiger partial charge is 0.251 e. The zero-order valence-electron chi connectivity index (χ0n) is 17.7. The van der Waals surface area contributed by atoms with E-state index in [9.17, 15) is 4.79 Å². The number of unbranched alkanes of at least 4 members (excludes halogenated alkanes) is 3. The van der Waals surface area contributed by atoms with Crippen LogP contribution in [-0.4, -0.2) is 33.3 Å². The summed E-state index contributed by atoms with van der Waals surface area (Å²) >= 11 is 12.6. The number of benzene rings is 2. The Labute approximate surface area is 188 Å². The lowest BCUT2D eigenvalue weighted by molar-refractivity contribution is 0.0954. The van der Waals surface area contributed by atoms with Crippen molar-refractivity contribution >= 4 is 29.1 Å². The van der Waals surface area contributed by atoms with Crippen LogP contribution < -0.4 is 19.5 Å². The van der Waals surface area contributed by atoms with Crippen molar-refractivity contribution in [3.63, 3.8) is 0 Å². The number of nitrogens with one attached hydrogen (secondary N) is 1. The van der Waals surface area contributed by atoms with E-state index in [1.165, 1.54) is 6.42 Å². The molecular formula is C23H29Cl2NO4. The first-order chi connectivity index (χ1) is 14.5. The summed E-state index contributed by atoms with van der Waals surface area (Å²) in [6.45, 7) is 3.17. The van der Waals surface area contributed by atoms with E-state index in [2.05, 4.69) is 12.2 Å². The molecule has 0 aliphatic carbocycles. The molecule has 5 nitrogen and oxygen atoms in total. The molecular weight excluding hydrogens is 425 g/mol. The first-order valence-corrected chi connectivity index (χ1v) is 10.9. The van der Waals surface area contributed by atoms with Crippen molar-refractivity contribution in [1.82, 2.24) is 5.32 Å². The van der Waals surface area contributed by atoms with E-state index >= 15 is 0 Å². The Morgan fingerprint density at radius 1 is 0.967 bits per heavy atom. The molecule has 0 radical (unpaired) electrons. The molecule has 0 aromatic heterocycles. The Balaban J connectivity index is 1.91. The van der Waals surface area contributed by atoms with Gasteiger partial charge in [-0.2, -0.15) is 0 Å². The predicted molar refractivity (Wildman–Crippen MR) is 122 cm³/mol. The summed E-state index contributed by atoms with van der Waals surface area (Å²) in [4.78, 5) is 12.5. The zero-order valence-corrected chi connectivity index (χ0v) is 19.2.